The van der Waals surface area contributed by atoms with Crippen molar-refractivity contribution in [2.45, 2.75) is 6.92 Å². The fourth-order valence-electron chi connectivity index (χ4n) is 1.76. The molecule has 2 rings (SSSR count). The minimum absolute atomic E-state index is 0.0259. The van der Waals surface area contributed by atoms with Gasteiger partial charge in [-0.15, -0.1) is 15.7 Å². The molecule has 0 radical (unpaired) electrons. The molecule has 0 aliphatic carbocycles. The number of allylic oxidation sites excluding steroid dienone is 1. The van der Waals surface area contributed by atoms with Gasteiger partial charge in [0.2, 0.25) is 0 Å². The summed E-state index contributed by atoms with van der Waals surface area (Å²) in [6.45, 7) is 1.64. The maximum atomic E-state index is 12.0. The van der Waals surface area contributed by atoms with Crippen LogP contribution in [0, 0.1) is 0 Å². The van der Waals surface area contributed by atoms with Crippen LogP contribution in [0.5, 0.6) is 0 Å². The van der Waals surface area contributed by atoms with E-state index >= 15 is 0 Å². The molecule has 6 nitrogen and oxygen atoms in total. The van der Waals surface area contributed by atoms with Gasteiger partial charge in [-0.3, -0.25) is 0 Å². The minimum atomic E-state index is -3.93. The van der Waals surface area contributed by atoms with Crippen LogP contribution in [0.15, 0.2) is 31.6 Å². The fourth-order valence-corrected chi connectivity index (χ4v) is 4.28. The van der Waals surface area contributed by atoms with Crippen LogP contribution in [0.2, 0.25) is 0 Å². The first-order chi connectivity index (χ1) is 9.27. The predicted molar refractivity (Wildman–Crippen MR) is 80.0 cm³/mol. The van der Waals surface area contributed by atoms with E-state index in [1.165, 1.54) is 25.5 Å². The number of hydrogen-bond acceptors (Lipinski definition) is 5. The molecule has 108 valence electrons. The van der Waals surface area contributed by atoms with E-state index in [9.17, 15) is 13.2 Å². The van der Waals surface area contributed by atoms with E-state index < -0.39 is 16.2 Å². The van der Waals surface area contributed by atoms with Crippen molar-refractivity contribution in [1.82, 2.24) is 4.31 Å². The molecular formula is C11H11BrN2O4S2. The van der Waals surface area contributed by atoms with Crippen LogP contribution in [-0.2, 0) is 19.7 Å². The standard InChI is InChI=1S/C11H11BrN2O4S2/c1-6-9(7-4-5-8(12)19-7)13-20(16,17)14(2)10(6)11(15)18-3/h4-5H,1-3H3. The summed E-state index contributed by atoms with van der Waals surface area (Å²) >= 11 is 4.65. The topological polar surface area (TPSA) is 76.0 Å². The zero-order valence-electron chi connectivity index (χ0n) is 10.9. The van der Waals surface area contributed by atoms with Gasteiger partial charge in [0, 0.05) is 12.6 Å². The van der Waals surface area contributed by atoms with Gasteiger partial charge < -0.3 is 4.74 Å². The summed E-state index contributed by atoms with van der Waals surface area (Å²) in [7, 11) is -1.45. The first-order valence-corrected chi connectivity index (χ1v) is 8.42. The first-order valence-electron chi connectivity index (χ1n) is 5.42. The summed E-state index contributed by atoms with van der Waals surface area (Å²) < 4.78 is 34.2. The molecule has 0 saturated heterocycles. The van der Waals surface area contributed by atoms with Crippen LogP contribution in [0.1, 0.15) is 11.8 Å². The lowest BCUT2D eigenvalue weighted by Gasteiger charge is -2.25. The highest BCUT2D eigenvalue weighted by Crippen LogP contribution is 2.30. The summed E-state index contributed by atoms with van der Waals surface area (Å²) in [6, 6.07) is 3.53. The quantitative estimate of drug-likeness (QED) is 0.736. The number of esters is 1. The molecule has 20 heavy (non-hydrogen) atoms. The van der Waals surface area contributed by atoms with E-state index in [-0.39, 0.29) is 11.4 Å². The van der Waals surface area contributed by atoms with Crippen LogP contribution in [0.4, 0.5) is 0 Å². The molecule has 0 saturated carbocycles. The molecule has 1 aromatic heterocycles. The number of carbonyl (C=O) groups is 1. The van der Waals surface area contributed by atoms with Gasteiger partial charge in [0.1, 0.15) is 11.4 Å². The summed E-state index contributed by atoms with van der Waals surface area (Å²) in [6.07, 6.45) is 0. The van der Waals surface area contributed by atoms with Crippen molar-refractivity contribution in [3.8, 4) is 0 Å². The third-order valence-corrected chi connectivity index (χ3v) is 5.68. The molecule has 0 spiro atoms. The molecule has 0 fully saturated rings. The number of hydrogen-bond donors (Lipinski definition) is 0. The van der Waals surface area contributed by atoms with E-state index in [0.717, 1.165) is 8.09 Å². The number of ether oxygens (including phenoxy) is 1. The van der Waals surface area contributed by atoms with Crippen molar-refractivity contribution < 1.29 is 17.9 Å². The SMILES string of the molecule is COC(=O)C1=C(C)C(c2ccc(Br)s2)=NS(=O)(=O)N1C. The zero-order chi connectivity index (χ0) is 15.1. The first kappa shape index (κ1) is 15.2. The van der Waals surface area contributed by atoms with E-state index in [2.05, 4.69) is 25.1 Å². The molecule has 0 atom stereocenters. The summed E-state index contributed by atoms with van der Waals surface area (Å²) in [5.41, 5.74) is 0.699. The summed E-state index contributed by atoms with van der Waals surface area (Å²) in [5, 5.41) is 0. The van der Waals surface area contributed by atoms with E-state index in [4.69, 9.17) is 0 Å². The predicted octanol–water partition coefficient (Wildman–Crippen LogP) is 1.94. The highest BCUT2D eigenvalue weighted by Gasteiger charge is 2.34. The Morgan fingerprint density at radius 1 is 1.45 bits per heavy atom. The average molecular weight is 379 g/mol. The number of nitrogens with zero attached hydrogens (tertiary/aromatic N) is 2. The number of thiophene rings is 1. The largest absolute Gasteiger partial charge is 0.464 e. The smallest absolute Gasteiger partial charge is 0.355 e. The number of likely N-dealkylation sites (N-methyl/N-ethyl adjacent to an activating group) is 1. The lowest BCUT2D eigenvalue weighted by Crippen LogP contribution is -2.35. The maximum absolute atomic E-state index is 12.0. The molecule has 9 heteroatoms. The van der Waals surface area contributed by atoms with Crippen molar-refractivity contribution in [1.29, 1.82) is 0 Å². The van der Waals surface area contributed by atoms with Crippen molar-refractivity contribution in [2.24, 2.45) is 4.40 Å². The molecular weight excluding hydrogens is 368 g/mol. The minimum Gasteiger partial charge on any atom is -0.464 e. The zero-order valence-corrected chi connectivity index (χ0v) is 14.1. The maximum Gasteiger partial charge on any atom is 0.355 e. The second-order valence-electron chi connectivity index (χ2n) is 3.95. The van der Waals surface area contributed by atoms with Crippen molar-refractivity contribution in [3.05, 3.63) is 32.1 Å². The average Bonchev–Trinajstić information content (AvgIpc) is 2.80. The van der Waals surface area contributed by atoms with Gasteiger partial charge in [-0.05, 0) is 35.0 Å². The van der Waals surface area contributed by atoms with E-state index in [0.29, 0.717) is 10.5 Å². The Hall–Kier alpha value is -1.19. The lowest BCUT2D eigenvalue weighted by molar-refractivity contribution is -0.137. The number of carbonyl (C=O) groups excluding carboxylic acids is 1. The number of methoxy groups -OCH3 is 1. The van der Waals surface area contributed by atoms with Crippen molar-refractivity contribution >= 4 is 49.2 Å². The molecule has 1 aliphatic rings. The van der Waals surface area contributed by atoms with E-state index in [1.807, 2.05) is 0 Å². The molecule has 0 aromatic carbocycles. The summed E-state index contributed by atoms with van der Waals surface area (Å²) in [5.74, 6) is -0.711. The number of halogens is 1. The number of rotatable bonds is 2. The lowest BCUT2D eigenvalue weighted by atomic mass is 10.1. The Balaban J connectivity index is 2.67. The van der Waals surface area contributed by atoms with Crippen molar-refractivity contribution in [3.63, 3.8) is 0 Å². The molecule has 0 unspecified atom stereocenters. The van der Waals surface area contributed by atoms with Crippen molar-refractivity contribution in [2.75, 3.05) is 14.2 Å². The second kappa shape index (κ2) is 5.30. The van der Waals surface area contributed by atoms with E-state index in [1.54, 1.807) is 19.1 Å². The third kappa shape index (κ3) is 2.52. The van der Waals surface area contributed by atoms with Gasteiger partial charge in [-0.2, -0.15) is 8.42 Å². The molecule has 1 aromatic rings. The van der Waals surface area contributed by atoms with Gasteiger partial charge in [-0.25, -0.2) is 9.10 Å². The Morgan fingerprint density at radius 3 is 2.60 bits per heavy atom. The Bertz CT molecular complexity index is 733. The molecule has 1 aliphatic heterocycles. The van der Waals surface area contributed by atoms with Gasteiger partial charge in [-0.1, -0.05) is 0 Å². The summed E-state index contributed by atoms with van der Waals surface area (Å²) in [4.78, 5) is 12.5. The Labute approximate surface area is 129 Å². The van der Waals surface area contributed by atoms with Gasteiger partial charge in [0.25, 0.3) is 0 Å². The highest BCUT2D eigenvalue weighted by molar-refractivity contribution is 9.11. The monoisotopic (exact) mass is 378 g/mol. The van der Waals surface area contributed by atoms with Crippen LogP contribution in [-0.4, -0.2) is 38.6 Å². The molecule has 0 N–H and O–H groups in total. The normalized spacial score (nSPS) is 18.0. The molecule has 0 bridgehead atoms. The Morgan fingerprint density at radius 2 is 2.10 bits per heavy atom. The highest BCUT2D eigenvalue weighted by atomic mass is 79.9. The molecule has 0 amide bonds. The second-order valence-corrected chi connectivity index (χ2v) is 8.04. The van der Waals surface area contributed by atoms with Gasteiger partial charge in [0.15, 0.2) is 0 Å². The Kier molecular flexibility index (Phi) is 4.03. The third-order valence-electron chi connectivity index (χ3n) is 2.76. The van der Waals surface area contributed by atoms with Crippen LogP contribution < -0.4 is 0 Å². The van der Waals surface area contributed by atoms with Crippen LogP contribution in [0.3, 0.4) is 0 Å². The van der Waals surface area contributed by atoms with Gasteiger partial charge >= 0.3 is 16.2 Å². The van der Waals surface area contributed by atoms with Crippen LogP contribution in [0.25, 0.3) is 0 Å². The van der Waals surface area contributed by atoms with Gasteiger partial charge in [0.05, 0.1) is 15.8 Å². The van der Waals surface area contributed by atoms with Crippen LogP contribution >= 0.6 is 27.3 Å². The fraction of sp³-hybridized carbons (Fsp3) is 0.273. The molecule has 2 heterocycles.